The Hall–Kier alpha value is -1.72. The van der Waals surface area contributed by atoms with E-state index in [0.717, 1.165) is 0 Å². The van der Waals surface area contributed by atoms with Gasteiger partial charge in [-0.3, -0.25) is 4.79 Å². The third-order valence-corrected chi connectivity index (χ3v) is 2.70. The minimum absolute atomic E-state index is 0.0697. The molecule has 0 aliphatic carbocycles. The van der Waals surface area contributed by atoms with E-state index in [-0.39, 0.29) is 12.4 Å². The fraction of sp³-hybridized carbons (Fsp3) is 0.429. The highest BCUT2D eigenvalue weighted by Gasteiger charge is 2.27. The van der Waals surface area contributed by atoms with Gasteiger partial charge in [-0.15, -0.1) is 0 Å². The van der Waals surface area contributed by atoms with Crippen molar-refractivity contribution < 1.29 is 24.5 Å². The number of Topliss-reactive ketones (excluding diaryl/α,β-unsaturated/α-hetero) is 1. The maximum atomic E-state index is 11.6. The van der Waals surface area contributed by atoms with Crippen LogP contribution in [-0.2, 0) is 9.53 Å². The summed E-state index contributed by atoms with van der Waals surface area (Å²) in [6.07, 6.45) is -2.73. The summed E-state index contributed by atoms with van der Waals surface area (Å²) in [5.41, 5.74) is 0.745. The zero-order chi connectivity index (χ0) is 14.4. The van der Waals surface area contributed by atoms with E-state index < -0.39 is 18.2 Å². The molecule has 2 atom stereocenters. The average molecular weight is 266 g/mol. The van der Waals surface area contributed by atoms with Gasteiger partial charge in [-0.1, -0.05) is 25.1 Å². The zero-order valence-corrected chi connectivity index (χ0v) is 11.0. The second-order valence-corrected chi connectivity index (χ2v) is 4.04. The quantitative estimate of drug-likeness (QED) is 0.597. The van der Waals surface area contributed by atoms with Crippen molar-refractivity contribution in [3.63, 3.8) is 0 Å². The molecule has 0 saturated heterocycles. The molecule has 19 heavy (non-hydrogen) atoms. The van der Waals surface area contributed by atoms with Gasteiger partial charge in [0.25, 0.3) is 0 Å². The number of aliphatic hydroxyl groups excluding tert-OH is 2. The van der Waals surface area contributed by atoms with E-state index in [0.29, 0.717) is 17.5 Å². The monoisotopic (exact) mass is 266 g/mol. The van der Waals surface area contributed by atoms with Crippen LogP contribution in [0.4, 0.5) is 0 Å². The molecule has 0 aliphatic rings. The molecular weight excluding hydrogens is 248 g/mol. The lowest BCUT2D eigenvalue weighted by Crippen LogP contribution is -2.30. The van der Waals surface area contributed by atoms with E-state index in [1.54, 1.807) is 32.0 Å². The summed E-state index contributed by atoms with van der Waals surface area (Å²) < 4.78 is 4.63. The average Bonchev–Trinajstić information content (AvgIpc) is 2.45. The molecule has 1 aromatic rings. The van der Waals surface area contributed by atoms with Crippen molar-refractivity contribution in [3.05, 3.63) is 35.4 Å². The number of esters is 1. The predicted molar refractivity (Wildman–Crippen MR) is 68.7 cm³/mol. The third-order valence-electron chi connectivity index (χ3n) is 2.70. The summed E-state index contributed by atoms with van der Waals surface area (Å²) in [6.45, 7) is 3.47. The van der Waals surface area contributed by atoms with E-state index in [4.69, 9.17) is 0 Å². The van der Waals surface area contributed by atoms with Crippen LogP contribution in [0.5, 0.6) is 0 Å². The van der Waals surface area contributed by atoms with Crippen LogP contribution >= 0.6 is 0 Å². The van der Waals surface area contributed by atoms with E-state index in [1.807, 2.05) is 0 Å². The summed E-state index contributed by atoms with van der Waals surface area (Å²) >= 11 is 0. The Balaban J connectivity index is 2.90. The minimum Gasteiger partial charge on any atom is -0.464 e. The highest BCUT2D eigenvalue weighted by Crippen LogP contribution is 2.19. The Bertz CT molecular complexity index is 455. The first-order valence-electron chi connectivity index (χ1n) is 6.17. The molecule has 0 amide bonds. The molecule has 5 heteroatoms. The summed E-state index contributed by atoms with van der Waals surface area (Å²) in [4.78, 5) is 22.9. The molecule has 1 rings (SSSR count). The lowest BCUT2D eigenvalue weighted by molar-refractivity contribution is -0.159. The van der Waals surface area contributed by atoms with Gasteiger partial charge >= 0.3 is 5.97 Å². The topological polar surface area (TPSA) is 83.8 Å². The Labute approximate surface area is 111 Å². The molecule has 2 unspecified atom stereocenters. The van der Waals surface area contributed by atoms with Crippen molar-refractivity contribution in [1.29, 1.82) is 0 Å². The molecule has 0 saturated carbocycles. The van der Waals surface area contributed by atoms with Crippen molar-refractivity contribution in [2.45, 2.75) is 32.5 Å². The molecule has 2 N–H and O–H groups in total. The zero-order valence-electron chi connectivity index (χ0n) is 11.0. The number of ketones is 1. The van der Waals surface area contributed by atoms with Crippen molar-refractivity contribution in [2.24, 2.45) is 0 Å². The molecule has 0 aliphatic heterocycles. The lowest BCUT2D eigenvalue weighted by Gasteiger charge is -2.17. The molecule has 0 bridgehead atoms. The second-order valence-electron chi connectivity index (χ2n) is 4.04. The molecule has 1 aromatic carbocycles. The van der Waals surface area contributed by atoms with Gasteiger partial charge in [-0.05, 0) is 18.6 Å². The first-order valence-corrected chi connectivity index (χ1v) is 6.17. The van der Waals surface area contributed by atoms with Gasteiger partial charge in [-0.2, -0.15) is 0 Å². The number of carbonyl (C=O) groups excluding carboxylic acids is 2. The van der Waals surface area contributed by atoms with E-state index >= 15 is 0 Å². The Morgan fingerprint density at radius 3 is 2.53 bits per heavy atom. The molecule has 0 radical (unpaired) electrons. The van der Waals surface area contributed by atoms with Gasteiger partial charge in [-0.25, -0.2) is 4.79 Å². The summed E-state index contributed by atoms with van der Waals surface area (Å²) in [5, 5.41) is 19.6. The van der Waals surface area contributed by atoms with Gasteiger partial charge in [0.05, 0.1) is 6.61 Å². The summed E-state index contributed by atoms with van der Waals surface area (Å²) in [6, 6.07) is 6.23. The maximum absolute atomic E-state index is 11.6. The van der Waals surface area contributed by atoms with Crippen LogP contribution < -0.4 is 0 Å². The second kappa shape index (κ2) is 7.01. The molecule has 0 fully saturated rings. The maximum Gasteiger partial charge on any atom is 0.338 e. The lowest BCUT2D eigenvalue weighted by atomic mass is 9.99. The van der Waals surface area contributed by atoms with E-state index in [9.17, 15) is 19.8 Å². The standard InChI is InChI=1S/C14H18O5/c1-3-11(15)9-6-5-7-10(8-9)12(16)13(17)14(18)19-4-2/h5-8,12-13,16-17H,3-4H2,1-2H3. The van der Waals surface area contributed by atoms with E-state index in [2.05, 4.69) is 4.74 Å². The van der Waals surface area contributed by atoms with Gasteiger partial charge in [0, 0.05) is 12.0 Å². The van der Waals surface area contributed by atoms with Crippen molar-refractivity contribution >= 4 is 11.8 Å². The van der Waals surface area contributed by atoms with Crippen LogP contribution in [0.2, 0.25) is 0 Å². The van der Waals surface area contributed by atoms with E-state index in [1.165, 1.54) is 6.07 Å². The molecule has 5 nitrogen and oxygen atoms in total. The minimum atomic E-state index is -1.66. The van der Waals surface area contributed by atoms with Crippen LogP contribution in [-0.4, -0.2) is 34.7 Å². The largest absolute Gasteiger partial charge is 0.464 e. The molecule has 0 spiro atoms. The Morgan fingerprint density at radius 1 is 1.26 bits per heavy atom. The smallest absolute Gasteiger partial charge is 0.338 e. The summed E-state index contributed by atoms with van der Waals surface area (Å²) in [5.74, 6) is -0.957. The highest BCUT2D eigenvalue weighted by atomic mass is 16.5. The molecular formula is C14H18O5. The van der Waals surface area contributed by atoms with Crippen LogP contribution in [0.25, 0.3) is 0 Å². The number of rotatable bonds is 6. The SMILES string of the molecule is CCOC(=O)C(O)C(O)c1cccc(C(=O)CC)c1. The van der Waals surface area contributed by atoms with Crippen molar-refractivity contribution in [2.75, 3.05) is 6.61 Å². The Morgan fingerprint density at radius 2 is 1.95 bits per heavy atom. The first kappa shape index (κ1) is 15.3. The Kier molecular flexibility index (Phi) is 5.66. The number of carbonyl (C=O) groups is 2. The molecule has 0 heterocycles. The first-order chi connectivity index (χ1) is 9.01. The highest BCUT2D eigenvalue weighted by molar-refractivity contribution is 5.96. The van der Waals surface area contributed by atoms with Crippen LogP contribution in [0.3, 0.4) is 0 Å². The van der Waals surface area contributed by atoms with Gasteiger partial charge < -0.3 is 14.9 Å². The number of hydrogen-bond donors (Lipinski definition) is 2. The number of hydrogen-bond acceptors (Lipinski definition) is 5. The molecule has 104 valence electrons. The number of benzene rings is 1. The van der Waals surface area contributed by atoms with Crippen LogP contribution in [0, 0.1) is 0 Å². The van der Waals surface area contributed by atoms with Crippen LogP contribution in [0.15, 0.2) is 24.3 Å². The van der Waals surface area contributed by atoms with Crippen LogP contribution in [0.1, 0.15) is 42.3 Å². The predicted octanol–water partition coefficient (Wildman–Crippen LogP) is 1.24. The molecule has 0 aromatic heterocycles. The fourth-order valence-electron chi connectivity index (χ4n) is 1.64. The van der Waals surface area contributed by atoms with Gasteiger partial charge in [0.15, 0.2) is 11.9 Å². The fourth-order valence-corrected chi connectivity index (χ4v) is 1.64. The van der Waals surface area contributed by atoms with Gasteiger partial charge in [0.1, 0.15) is 6.10 Å². The number of ether oxygens (including phenoxy) is 1. The normalized spacial score (nSPS) is 13.7. The van der Waals surface area contributed by atoms with Crippen molar-refractivity contribution in [1.82, 2.24) is 0 Å². The summed E-state index contributed by atoms with van der Waals surface area (Å²) in [7, 11) is 0. The van der Waals surface area contributed by atoms with Gasteiger partial charge in [0.2, 0.25) is 0 Å². The number of aliphatic hydroxyl groups is 2. The third kappa shape index (κ3) is 3.87. The van der Waals surface area contributed by atoms with Crippen molar-refractivity contribution in [3.8, 4) is 0 Å².